The normalized spacial score (nSPS) is 46.6. The molecule has 0 spiro atoms. The van der Waals surface area contributed by atoms with Gasteiger partial charge in [-0.15, -0.1) is 0 Å². The first-order valence-corrected chi connectivity index (χ1v) is 4.58. The van der Waals surface area contributed by atoms with Crippen molar-refractivity contribution in [1.82, 2.24) is 5.43 Å². The molecule has 4 heteroatoms. The number of carbonyl (C=O) groups excluding carboxylic acids is 1. The topological polar surface area (TPSA) is 67.5 Å². The van der Waals surface area contributed by atoms with Crippen LogP contribution in [0.4, 0.5) is 4.79 Å². The summed E-state index contributed by atoms with van der Waals surface area (Å²) in [5, 5.41) is 4.07. The molecular weight excluding hydrogens is 166 g/mol. The SMILES string of the molecule is NC(=O)N/N=C1/[C@H]2C=C[C@H]2[C@H]2C[C@@H]12. The Hall–Kier alpha value is -1.32. The third-order valence-corrected chi connectivity index (χ3v) is 3.31. The zero-order valence-corrected chi connectivity index (χ0v) is 7.10. The molecule has 0 unspecified atom stereocenters. The van der Waals surface area contributed by atoms with Gasteiger partial charge in [-0.25, -0.2) is 10.2 Å². The number of hydrogen-bond acceptors (Lipinski definition) is 2. The van der Waals surface area contributed by atoms with Gasteiger partial charge in [-0.2, -0.15) is 5.10 Å². The Balaban J connectivity index is 1.80. The number of hydrazone groups is 1. The first-order chi connectivity index (χ1) is 6.27. The van der Waals surface area contributed by atoms with E-state index in [-0.39, 0.29) is 0 Å². The van der Waals surface area contributed by atoms with Crippen molar-refractivity contribution in [3.63, 3.8) is 0 Å². The fourth-order valence-corrected chi connectivity index (χ4v) is 2.56. The summed E-state index contributed by atoms with van der Waals surface area (Å²) in [6.07, 6.45) is 5.66. The summed E-state index contributed by atoms with van der Waals surface area (Å²) in [6, 6.07) is -0.573. The number of nitrogens with two attached hydrogens (primary N) is 1. The lowest BCUT2D eigenvalue weighted by Crippen LogP contribution is -2.29. The molecule has 3 aliphatic carbocycles. The van der Waals surface area contributed by atoms with Gasteiger partial charge >= 0.3 is 6.03 Å². The minimum Gasteiger partial charge on any atom is -0.350 e. The van der Waals surface area contributed by atoms with Gasteiger partial charge in [-0.1, -0.05) is 12.2 Å². The van der Waals surface area contributed by atoms with Gasteiger partial charge < -0.3 is 5.73 Å². The Morgan fingerprint density at radius 2 is 2.46 bits per heavy atom. The number of hydrogen-bond donors (Lipinski definition) is 2. The number of carbonyl (C=O) groups is 1. The van der Waals surface area contributed by atoms with Crippen LogP contribution in [-0.2, 0) is 0 Å². The van der Waals surface area contributed by atoms with Crippen LogP contribution in [0.15, 0.2) is 17.3 Å². The van der Waals surface area contributed by atoms with Gasteiger partial charge in [-0.3, -0.25) is 0 Å². The summed E-state index contributed by atoms with van der Waals surface area (Å²) < 4.78 is 0. The van der Waals surface area contributed by atoms with Crippen LogP contribution in [0, 0.1) is 23.7 Å². The van der Waals surface area contributed by atoms with Gasteiger partial charge in [-0.05, 0) is 18.3 Å². The molecule has 0 aromatic heterocycles. The van der Waals surface area contributed by atoms with Gasteiger partial charge in [0.2, 0.25) is 0 Å². The molecule has 2 saturated carbocycles. The van der Waals surface area contributed by atoms with Crippen molar-refractivity contribution in [1.29, 1.82) is 0 Å². The molecule has 4 nitrogen and oxygen atoms in total. The molecule has 0 aromatic carbocycles. The highest BCUT2D eigenvalue weighted by atomic mass is 16.2. The maximum absolute atomic E-state index is 10.5. The van der Waals surface area contributed by atoms with Gasteiger partial charge in [0.25, 0.3) is 0 Å². The smallest absolute Gasteiger partial charge is 0.332 e. The van der Waals surface area contributed by atoms with Gasteiger partial charge in [0, 0.05) is 17.5 Å². The number of fused-ring (bicyclic) bond motifs is 3. The number of primary amides is 1. The van der Waals surface area contributed by atoms with Gasteiger partial charge in [0.05, 0.1) is 0 Å². The van der Waals surface area contributed by atoms with Crippen molar-refractivity contribution in [2.75, 3.05) is 0 Å². The lowest BCUT2D eigenvalue weighted by atomic mass is 9.81. The molecule has 0 aliphatic heterocycles. The minimum atomic E-state index is -0.573. The first kappa shape index (κ1) is 7.12. The molecule has 4 atom stereocenters. The predicted molar refractivity (Wildman–Crippen MR) is 47.9 cm³/mol. The van der Waals surface area contributed by atoms with E-state index in [0.29, 0.717) is 17.8 Å². The van der Waals surface area contributed by atoms with E-state index >= 15 is 0 Å². The fourth-order valence-electron chi connectivity index (χ4n) is 2.56. The molecule has 0 bridgehead atoms. The van der Waals surface area contributed by atoms with E-state index in [1.165, 1.54) is 6.42 Å². The lowest BCUT2D eigenvalue weighted by molar-refractivity contribution is 0.249. The van der Waals surface area contributed by atoms with E-state index in [1.807, 2.05) is 0 Å². The van der Waals surface area contributed by atoms with E-state index in [9.17, 15) is 4.79 Å². The van der Waals surface area contributed by atoms with Crippen LogP contribution in [0.2, 0.25) is 0 Å². The first-order valence-electron chi connectivity index (χ1n) is 4.58. The molecule has 0 heterocycles. The molecule has 0 aromatic rings. The zero-order valence-electron chi connectivity index (χ0n) is 7.10. The Labute approximate surface area is 75.9 Å². The van der Waals surface area contributed by atoms with Crippen LogP contribution >= 0.6 is 0 Å². The zero-order chi connectivity index (χ0) is 9.00. The standard InChI is InChI=1S/C9H11N3O/c10-9(13)12-11-8-5-2-1-4(5)6-3-7(6)8/h1-2,4-7H,3H2,(H3,10,12,13)/b11-8-/t4-,5+,6-,7-/m1/s1. The second-order valence-electron chi connectivity index (χ2n) is 4.01. The molecule has 13 heavy (non-hydrogen) atoms. The average molecular weight is 177 g/mol. The Kier molecular flexibility index (Phi) is 1.17. The van der Waals surface area contributed by atoms with Crippen molar-refractivity contribution in [2.45, 2.75) is 6.42 Å². The van der Waals surface area contributed by atoms with Crippen LogP contribution in [0.1, 0.15) is 6.42 Å². The molecule has 3 N–H and O–H groups in total. The minimum absolute atomic E-state index is 0.496. The number of urea groups is 1. The van der Waals surface area contributed by atoms with Crippen molar-refractivity contribution in [2.24, 2.45) is 34.5 Å². The highest BCUT2D eigenvalue weighted by Gasteiger charge is 2.58. The van der Waals surface area contributed by atoms with E-state index < -0.39 is 6.03 Å². The van der Waals surface area contributed by atoms with Gasteiger partial charge in [0.1, 0.15) is 0 Å². The molecular formula is C9H11N3O. The van der Waals surface area contributed by atoms with Crippen molar-refractivity contribution < 1.29 is 4.79 Å². The molecule has 0 saturated heterocycles. The van der Waals surface area contributed by atoms with Gasteiger partial charge in [0.15, 0.2) is 0 Å². The molecule has 2 amide bonds. The summed E-state index contributed by atoms with van der Waals surface area (Å²) in [5.41, 5.74) is 8.41. The largest absolute Gasteiger partial charge is 0.350 e. The van der Waals surface area contributed by atoms with Crippen molar-refractivity contribution >= 4 is 11.7 Å². The van der Waals surface area contributed by atoms with Crippen LogP contribution in [0.3, 0.4) is 0 Å². The molecule has 68 valence electrons. The van der Waals surface area contributed by atoms with Crippen molar-refractivity contribution in [3.8, 4) is 0 Å². The highest BCUT2D eigenvalue weighted by Crippen LogP contribution is 2.60. The number of nitrogens with zero attached hydrogens (tertiary/aromatic N) is 1. The third kappa shape index (κ3) is 0.855. The Morgan fingerprint density at radius 3 is 3.00 bits per heavy atom. The number of allylic oxidation sites excluding steroid dienone is 2. The summed E-state index contributed by atoms with van der Waals surface area (Å²) in [4.78, 5) is 10.5. The van der Waals surface area contributed by atoms with Crippen LogP contribution in [0.5, 0.6) is 0 Å². The summed E-state index contributed by atoms with van der Waals surface area (Å²) >= 11 is 0. The quantitative estimate of drug-likeness (QED) is 0.443. The van der Waals surface area contributed by atoms with Crippen LogP contribution in [0.25, 0.3) is 0 Å². The number of amides is 2. The number of nitrogens with one attached hydrogen (secondary N) is 1. The predicted octanol–water partition coefficient (Wildman–Crippen LogP) is 0.463. The fraction of sp³-hybridized carbons (Fsp3) is 0.556. The second-order valence-corrected chi connectivity index (χ2v) is 4.01. The Bertz CT molecular complexity index is 334. The molecule has 0 radical (unpaired) electrons. The second kappa shape index (κ2) is 2.13. The average Bonchev–Trinajstić information content (AvgIpc) is 2.70. The van der Waals surface area contributed by atoms with E-state index in [2.05, 4.69) is 22.7 Å². The van der Waals surface area contributed by atoms with E-state index in [1.54, 1.807) is 0 Å². The van der Waals surface area contributed by atoms with Crippen LogP contribution in [-0.4, -0.2) is 11.7 Å². The summed E-state index contributed by atoms with van der Waals surface area (Å²) in [7, 11) is 0. The monoisotopic (exact) mass is 177 g/mol. The van der Waals surface area contributed by atoms with E-state index in [0.717, 1.165) is 11.6 Å². The highest BCUT2D eigenvalue weighted by molar-refractivity contribution is 5.97. The molecule has 3 aliphatic rings. The number of rotatable bonds is 1. The maximum Gasteiger partial charge on any atom is 0.332 e. The van der Waals surface area contributed by atoms with Crippen LogP contribution < -0.4 is 11.2 Å². The lowest BCUT2D eigenvalue weighted by Gasteiger charge is -2.24. The summed E-state index contributed by atoms with van der Waals surface area (Å²) in [6.45, 7) is 0. The Morgan fingerprint density at radius 1 is 1.62 bits per heavy atom. The van der Waals surface area contributed by atoms with E-state index in [4.69, 9.17) is 5.73 Å². The third-order valence-electron chi connectivity index (χ3n) is 3.31. The van der Waals surface area contributed by atoms with Crippen molar-refractivity contribution in [3.05, 3.63) is 12.2 Å². The summed E-state index contributed by atoms with van der Waals surface area (Å²) in [5.74, 6) is 2.63. The molecule has 2 fully saturated rings. The maximum atomic E-state index is 10.5. The molecule has 3 rings (SSSR count).